The Morgan fingerprint density at radius 3 is 2.53 bits per heavy atom. The SMILES string of the molecule is COCC(C)Oc1ccccc1C(C)O. The van der Waals surface area contributed by atoms with Crippen molar-refractivity contribution in [1.29, 1.82) is 0 Å². The van der Waals surface area contributed by atoms with Crippen molar-refractivity contribution >= 4 is 0 Å². The zero-order chi connectivity index (χ0) is 11.3. The summed E-state index contributed by atoms with van der Waals surface area (Å²) in [5.41, 5.74) is 0.806. The van der Waals surface area contributed by atoms with Crippen LogP contribution in [0.15, 0.2) is 24.3 Å². The van der Waals surface area contributed by atoms with Gasteiger partial charge in [-0.2, -0.15) is 0 Å². The van der Waals surface area contributed by atoms with Gasteiger partial charge in [-0.3, -0.25) is 0 Å². The van der Waals surface area contributed by atoms with Gasteiger partial charge >= 0.3 is 0 Å². The number of hydrogen-bond donors (Lipinski definition) is 1. The molecule has 0 aliphatic carbocycles. The Morgan fingerprint density at radius 2 is 1.93 bits per heavy atom. The molecule has 1 N–H and O–H groups in total. The van der Waals surface area contributed by atoms with Crippen molar-refractivity contribution in [2.75, 3.05) is 13.7 Å². The summed E-state index contributed by atoms with van der Waals surface area (Å²) in [4.78, 5) is 0. The smallest absolute Gasteiger partial charge is 0.125 e. The molecule has 1 aromatic rings. The molecule has 0 aromatic heterocycles. The Kier molecular flexibility index (Phi) is 4.59. The molecule has 1 aromatic carbocycles. The molecule has 2 unspecified atom stereocenters. The number of aliphatic hydroxyl groups excluding tert-OH is 1. The van der Waals surface area contributed by atoms with Gasteiger partial charge in [0, 0.05) is 12.7 Å². The first-order chi connectivity index (χ1) is 7.15. The van der Waals surface area contributed by atoms with Crippen molar-refractivity contribution in [3.63, 3.8) is 0 Å². The van der Waals surface area contributed by atoms with Crippen LogP contribution >= 0.6 is 0 Å². The maximum atomic E-state index is 9.54. The van der Waals surface area contributed by atoms with Gasteiger partial charge in [0.25, 0.3) is 0 Å². The molecular formula is C12H18O3. The molecule has 0 aliphatic rings. The van der Waals surface area contributed by atoms with E-state index in [1.54, 1.807) is 14.0 Å². The van der Waals surface area contributed by atoms with Crippen molar-refractivity contribution in [3.05, 3.63) is 29.8 Å². The van der Waals surface area contributed by atoms with Crippen LogP contribution < -0.4 is 4.74 Å². The maximum absolute atomic E-state index is 9.54. The zero-order valence-corrected chi connectivity index (χ0v) is 9.43. The Hall–Kier alpha value is -1.06. The van der Waals surface area contributed by atoms with E-state index in [1.807, 2.05) is 31.2 Å². The largest absolute Gasteiger partial charge is 0.488 e. The summed E-state index contributed by atoms with van der Waals surface area (Å²) in [5, 5.41) is 9.54. The summed E-state index contributed by atoms with van der Waals surface area (Å²) in [6.45, 7) is 4.19. The second-order valence-electron chi connectivity index (χ2n) is 3.60. The van der Waals surface area contributed by atoms with Gasteiger partial charge in [0.2, 0.25) is 0 Å². The zero-order valence-electron chi connectivity index (χ0n) is 9.43. The standard InChI is InChI=1S/C12H18O3/c1-9(8-14-3)15-12-7-5-4-6-11(12)10(2)13/h4-7,9-10,13H,8H2,1-3H3. The fourth-order valence-electron chi connectivity index (χ4n) is 1.42. The molecule has 2 atom stereocenters. The topological polar surface area (TPSA) is 38.7 Å². The highest BCUT2D eigenvalue weighted by atomic mass is 16.5. The van der Waals surface area contributed by atoms with Gasteiger partial charge in [-0.15, -0.1) is 0 Å². The first-order valence-corrected chi connectivity index (χ1v) is 5.07. The van der Waals surface area contributed by atoms with Crippen LogP contribution in [0, 0.1) is 0 Å². The molecule has 0 aliphatic heterocycles. The van der Waals surface area contributed by atoms with Gasteiger partial charge in [-0.1, -0.05) is 18.2 Å². The van der Waals surface area contributed by atoms with Gasteiger partial charge in [-0.05, 0) is 19.9 Å². The molecule has 0 heterocycles. The predicted octanol–water partition coefficient (Wildman–Crippen LogP) is 2.15. The lowest BCUT2D eigenvalue weighted by molar-refractivity contribution is 0.0886. The summed E-state index contributed by atoms with van der Waals surface area (Å²) in [6, 6.07) is 7.49. The Labute approximate surface area is 90.6 Å². The molecule has 3 heteroatoms. The predicted molar refractivity (Wildman–Crippen MR) is 59.0 cm³/mol. The van der Waals surface area contributed by atoms with Crippen molar-refractivity contribution in [1.82, 2.24) is 0 Å². The highest BCUT2D eigenvalue weighted by Gasteiger charge is 2.10. The van der Waals surface area contributed by atoms with E-state index >= 15 is 0 Å². The van der Waals surface area contributed by atoms with Crippen LogP contribution in [-0.4, -0.2) is 24.9 Å². The van der Waals surface area contributed by atoms with Crippen molar-refractivity contribution in [2.45, 2.75) is 26.1 Å². The van der Waals surface area contributed by atoms with Crippen LogP contribution in [0.4, 0.5) is 0 Å². The summed E-state index contributed by atoms with van der Waals surface area (Å²) in [5.74, 6) is 0.719. The van der Waals surface area contributed by atoms with Gasteiger partial charge in [-0.25, -0.2) is 0 Å². The molecule has 0 saturated heterocycles. The maximum Gasteiger partial charge on any atom is 0.125 e. The van der Waals surface area contributed by atoms with Crippen molar-refractivity contribution in [3.8, 4) is 5.75 Å². The van der Waals surface area contributed by atoms with E-state index in [0.717, 1.165) is 11.3 Å². The fourth-order valence-corrected chi connectivity index (χ4v) is 1.42. The van der Waals surface area contributed by atoms with E-state index < -0.39 is 6.10 Å². The number of hydrogen-bond acceptors (Lipinski definition) is 3. The van der Waals surface area contributed by atoms with Crippen LogP contribution in [-0.2, 0) is 4.74 Å². The number of ether oxygens (including phenoxy) is 2. The number of methoxy groups -OCH3 is 1. The normalized spacial score (nSPS) is 14.7. The van der Waals surface area contributed by atoms with E-state index in [2.05, 4.69) is 0 Å². The van der Waals surface area contributed by atoms with Crippen molar-refractivity contribution < 1.29 is 14.6 Å². The third kappa shape index (κ3) is 3.53. The van der Waals surface area contributed by atoms with Gasteiger partial charge in [0.05, 0.1) is 12.7 Å². The molecule has 3 nitrogen and oxygen atoms in total. The Morgan fingerprint density at radius 1 is 1.27 bits per heavy atom. The second-order valence-corrected chi connectivity index (χ2v) is 3.60. The summed E-state index contributed by atoms with van der Waals surface area (Å²) < 4.78 is 10.7. The molecule has 0 bridgehead atoms. The summed E-state index contributed by atoms with van der Waals surface area (Å²) >= 11 is 0. The van der Waals surface area contributed by atoms with E-state index in [-0.39, 0.29) is 6.10 Å². The van der Waals surface area contributed by atoms with Gasteiger partial charge < -0.3 is 14.6 Å². The van der Waals surface area contributed by atoms with E-state index in [9.17, 15) is 5.11 Å². The van der Waals surface area contributed by atoms with Gasteiger partial charge in [0.1, 0.15) is 11.9 Å². The summed E-state index contributed by atoms with van der Waals surface area (Å²) in [6.07, 6.45) is -0.536. The third-order valence-electron chi connectivity index (χ3n) is 2.10. The minimum Gasteiger partial charge on any atom is -0.488 e. The number of benzene rings is 1. The molecule has 15 heavy (non-hydrogen) atoms. The highest BCUT2D eigenvalue weighted by molar-refractivity contribution is 5.34. The van der Waals surface area contributed by atoms with Crippen LogP contribution in [0.3, 0.4) is 0 Å². The van der Waals surface area contributed by atoms with Gasteiger partial charge in [0.15, 0.2) is 0 Å². The van der Waals surface area contributed by atoms with E-state index in [0.29, 0.717) is 6.61 Å². The molecule has 0 saturated carbocycles. The van der Waals surface area contributed by atoms with Crippen LogP contribution in [0.1, 0.15) is 25.5 Å². The van der Waals surface area contributed by atoms with E-state index in [1.165, 1.54) is 0 Å². The quantitative estimate of drug-likeness (QED) is 0.809. The molecular weight excluding hydrogens is 192 g/mol. The molecule has 0 spiro atoms. The number of para-hydroxylation sites is 1. The number of aliphatic hydroxyl groups is 1. The third-order valence-corrected chi connectivity index (χ3v) is 2.10. The molecule has 0 radical (unpaired) electrons. The number of rotatable bonds is 5. The van der Waals surface area contributed by atoms with Crippen molar-refractivity contribution in [2.24, 2.45) is 0 Å². The minimum atomic E-state index is -0.518. The Bertz CT molecular complexity index is 297. The molecule has 0 fully saturated rings. The lowest BCUT2D eigenvalue weighted by Crippen LogP contribution is -2.18. The molecule has 1 rings (SSSR count). The minimum absolute atomic E-state index is 0.0186. The average Bonchev–Trinajstić information content (AvgIpc) is 2.18. The molecule has 84 valence electrons. The van der Waals surface area contributed by atoms with Crippen LogP contribution in [0.5, 0.6) is 5.75 Å². The highest BCUT2D eigenvalue weighted by Crippen LogP contribution is 2.25. The van der Waals surface area contributed by atoms with Crippen LogP contribution in [0.25, 0.3) is 0 Å². The first kappa shape index (κ1) is 12.0. The second kappa shape index (κ2) is 5.73. The first-order valence-electron chi connectivity index (χ1n) is 5.07. The fraction of sp³-hybridized carbons (Fsp3) is 0.500. The Balaban J connectivity index is 2.75. The monoisotopic (exact) mass is 210 g/mol. The average molecular weight is 210 g/mol. The van der Waals surface area contributed by atoms with Crippen LogP contribution in [0.2, 0.25) is 0 Å². The molecule has 0 amide bonds. The van der Waals surface area contributed by atoms with E-state index in [4.69, 9.17) is 9.47 Å². The summed E-state index contributed by atoms with van der Waals surface area (Å²) in [7, 11) is 1.64. The lowest BCUT2D eigenvalue weighted by atomic mass is 10.1. The lowest BCUT2D eigenvalue weighted by Gasteiger charge is -2.17.